The SMILES string of the molecule is Br.O=C1[C@@H]2[C@@H]3CC[C@]4([C@@H]5CNC[C@H](C5)CN4C3=O)[C@@H]2C(=O)N1Cc1ccccc1. The number of imide groups is 1. The van der Waals surface area contributed by atoms with E-state index in [1.165, 1.54) is 4.90 Å². The summed E-state index contributed by atoms with van der Waals surface area (Å²) < 4.78 is 0. The van der Waals surface area contributed by atoms with Gasteiger partial charge in [-0.3, -0.25) is 19.3 Å². The molecule has 1 saturated carbocycles. The van der Waals surface area contributed by atoms with Crippen molar-refractivity contribution in [3.8, 4) is 0 Å². The number of amides is 3. The summed E-state index contributed by atoms with van der Waals surface area (Å²) in [7, 11) is 0. The lowest BCUT2D eigenvalue weighted by atomic mass is 9.51. The Hall–Kier alpha value is -1.73. The van der Waals surface area contributed by atoms with Crippen LogP contribution in [0.3, 0.4) is 0 Å². The number of nitrogens with one attached hydrogen (secondary N) is 1. The van der Waals surface area contributed by atoms with Crippen LogP contribution in [0.25, 0.3) is 0 Å². The van der Waals surface area contributed by atoms with E-state index in [2.05, 4.69) is 10.2 Å². The smallest absolute Gasteiger partial charge is 0.235 e. The molecule has 5 aliphatic heterocycles. The first kappa shape index (κ1) is 19.2. The van der Waals surface area contributed by atoms with Crippen LogP contribution in [0.1, 0.15) is 24.8 Å². The van der Waals surface area contributed by atoms with Gasteiger partial charge in [-0.05, 0) is 43.2 Å². The predicted molar refractivity (Wildman–Crippen MR) is 111 cm³/mol. The summed E-state index contributed by atoms with van der Waals surface area (Å²) in [6, 6.07) is 9.68. The minimum absolute atomic E-state index is 0. The first-order valence-electron chi connectivity index (χ1n) is 10.5. The molecule has 7 heteroatoms. The molecule has 1 aliphatic carbocycles. The van der Waals surface area contributed by atoms with Crippen LogP contribution in [0.4, 0.5) is 0 Å². The van der Waals surface area contributed by atoms with Gasteiger partial charge in [0, 0.05) is 13.1 Å². The third-order valence-electron chi connectivity index (χ3n) is 8.13. The molecule has 6 fully saturated rings. The Morgan fingerprint density at radius 3 is 2.62 bits per heavy atom. The van der Waals surface area contributed by atoms with Crippen LogP contribution >= 0.6 is 17.0 Å². The summed E-state index contributed by atoms with van der Waals surface area (Å²) in [4.78, 5) is 43.8. The van der Waals surface area contributed by atoms with Gasteiger partial charge in [0.15, 0.2) is 0 Å². The van der Waals surface area contributed by atoms with Crippen molar-refractivity contribution in [2.75, 3.05) is 19.6 Å². The van der Waals surface area contributed by atoms with E-state index < -0.39 is 11.5 Å². The molecule has 5 heterocycles. The number of nitrogens with zero attached hydrogens (tertiary/aromatic N) is 2. The van der Waals surface area contributed by atoms with Crippen molar-refractivity contribution >= 4 is 34.7 Å². The first-order valence-corrected chi connectivity index (χ1v) is 10.5. The van der Waals surface area contributed by atoms with Crippen LogP contribution in [-0.4, -0.2) is 52.7 Å². The second-order valence-corrected chi connectivity index (χ2v) is 9.29. The zero-order chi connectivity index (χ0) is 19.0. The maximum Gasteiger partial charge on any atom is 0.235 e. The van der Waals surface area contributed by atoms with E-state index in [1.54, 1.807) is 0 Å². The summed E-state index contributed by atoms with van der Waals surface area (Å²) in [5.41, 5.74) is 0.498. The monoisotopic (exact) mass is 459 g/mol. The molecule has 6 nitrogen and oxygen atoms in total. The van der Waals surface area contributed by atoms with Gasteiger partial charge in [-0.2, -0.15) is 0 Å². The van der Waals surface area contributed by atoms with Gasteiger partial charge in [0.05, 0.1) is 29.8 Å². The summed E-state index contributed by atoms with van der Waals surface area (Å²) >= 11 is 0. The number of piperidine rings is 4. The number of likely N-dealkylation sites (tertiary alicyclic amines) is 1. The largest absolute Gasteiger partial charge is 0.335 e. The maximum absolute atomic E-state index is 13.6. The number of halogens is 1. The van der Waals surface area contributed by atoms with Crippen LogP contribution < -0.4 is 5.32 Å². The van der Waals surface area contributed by atoms with Crippen molar-refractivity contribution in [2.24, 2.45) is 29.6 Å². The predicted octanol–water partition coefficient (Wildman–Crippen LogP) is 1.60. The molecule has 1 aromatic carbocycles. The highest BCUT2D eigenvalue weighted by molar-refractivity contribution is 8.93. The van der Waals surface area contributed by atoms with Crippen molar-refractivity contribution in [3.05, 3.63) is 35.9 Å². The van der Waals surface area contributed by atoms with Crippen molar-refractivity contribution in [2.45, 2.75) is 31.3 Å². The highest BCUT2D eigenvalue weighted by Gasteiger charge is 2.72. The molecule has 1 aromatic rings. The topological polar surface area (TPSA) is 69.7 Å². The highest BCUT2D eigenvalue weighted by Crippen LogP contribution is 2.60. The molecular weight excluding hydrogens is 434 g/mol. The average Bonchev–Trinajstić information content (AvgIpc) is 2.97. The number of hydrogen-bond acceptors (Lipinski definition) is 4. The molecule has 3 amide bonds. The summed E-state index contributed by atoms with van der Waals surface area (Å²) in [6.45, 7) is 2.84. The fourth-order valence-electron chi connectivity index (χ4n) is 7.06. The fourth-order valence-corrected chi connectivity index (χ4v) is 7.06. The Bertz CT molecular complexity index is 877. The van der Waals surface area contributed by atoms with Gasteiger partial charge in [-0.1, -0.05) is 30.3 Å². The lowest BCUT2D eigenvalue weighted by Crippen LogP contribution is -2.77. The van der Waals surface area contributed by atoms with Crippen molar-refractivity contribution in [3.63, 3.8) is 0 Å². The van der Waals surface area contributed by atoms with Gasteiger partial charge in [0.2, 0.25) is 17.7 Å². The second kappa shape index (κ2) is 6.64. The van der Waals surface area contributed by atoms with E-state index in [4.69, 9.17) is 0 Å². The number of rotatable bonds is 2. The number of carbonyl (C=O) groups is 3. The number of carbonyl (C=O) groups excluding carboxylic acids is 3. The van der Waals surface area contributed by atoms with Crippen LogP contribution in [0, 0.1) is 29.6 Å². The van der Waals surface area contributed by atoms with Crippen molar-refractivity contribution < 1.29 is 14.4 Å². The molecule has 4 bridgehead atoms. The molecule has 29 heavy (non-hydrogen) atoms. The number of hydrogen-bond donors (Lipinski definition) is 1. The first-order chi connectivity index (χ1) is 13.6. The molecule has 0 unspecified atom stereocenters. The van der Waals surface area contributed by atoms with E-state index in [0.717, 1.165) is 44.5 Å². The zero-order valence-electron chi connectivity index (χ0n) is 16.3. The van der Waals surface area contributed by atoms with Gasteiger partial charge in [0.25, 0.3) is 0 Å². The zero-order valence-corrected chi connectivity index (χ0v) is 18.0. The maximum atomic E-state index is 13.6. The quantitative estimate of drug-likeness (QED) is 0.681. The van der Waals surface area contributed by atoms with Gasteiger partial charge in [-0.15, -0.1) is 17.0 Å². The molecule has 6 aliphatic rings. The normalized spacial score (nSPS) is 39.9. The van der Waals surface area contributed by atoms with Crippen LogP contribution in [0.2, 0.25) is 0 Å². The molecular formula is C22H26BrN3O3. The molecule has 6 atom stereocenters. The van der Waals surface area contributed by atoms with E-state index >= 15 is 0 Å². The van der Waals surface area contributed by atoms with E-state index in [-0.39, 0.29) is 52.5 Å². The minimum Gasteiger partial charge on any atom is -0.335 e. The van der Waals surface area contributed by atoms with Crippen LogP contribution in [0.5, 0.6) is 0 Å². The highest BCUT2D eigenvalue weighted by atomic mass is 79.9. The standard InChI is InChI=1S/C22H25N3O3.BrH/c26-19-16-6-7-22(15-8-14(9-23-10-15)12-25(19)22)18-17(16)20(27)24(21(18)28)11-13-4-2-1-3-5-13;/h1-5,14-18,23H,6-12H2;1H/t14-,15-,16-,17+,18-,22-;/m0./s1. The molecule has 0 aromatic heterocycles. The lowest BCUT2D eigenvalue weighted by Gasteiger charge is -2.65. The summed E-state index contributed by atoms with van der Waals surface area (Å²) in [6.07, 6.45) is 2.67. The second-order valence-electron chi connectivity index (χ2n) is 9.29. The molecule has 1 spiro atoms. The van der Waals surface area contributed by atoms with E-state index in [0.29, 0.717) is 12.5 Å². The van der Waals surface area contributed by atoms with Gasteiger partial charge < -0.3 is 10.2 Å². The Kier molecular flexibility index (Phi) is 4.41. The van der Waals surface area contributed by atoms with E-state index in [1.807, 2.05) is 30.3 Å². The van der Waals surface area contributed by atoms with Crippen molar-refractivity contribution in [1.29, 1.82) is 0 Å². The molecule has 154 valence electrons. The Morgan fingerprint density at radius 2 is 1.83 bits per heavy atom. The van der Waals surface area contributed by atoms with Gasteiger partial charge >= 0.3 is 0 Å². The molecule has 1 N–H and O–H groups in total. The molecule has 5 saturated heterocycles. The summed E-state index contributed by atoms with van der Waals surface area (Å²) in [5, 5.41) is 3.52. The van der Waals surface area contributed by atoms with Gasteiger partial charge in [-0.25, -0.2) is 0 Å². The average molecular weight is 460 g/mol. The Balaban J connectivity index is 0.00000181. The number of fused-ring (bicyclic) bond motifs is 3. The fraction of sp³-hybridized carbons (Fsp3) is 0.591. The van der Waals surface area contributed by atoms with Crippen molar-refractivity contribution in [1.82, 2.24) is 15.1 Å². The van der Waals surface area contributed by atoms with Crippen LogP contribution in [0.15, 0.2) is 30.3 Å². The van der Waals surface area contributed by atoms with Gasteiger partial charge in [0.1, 0.15) is 0 Å². The van der Waals surface area contributed by atoms with Crippen LogP contribution in [-0.2, 0) is 20.9 Å². The third-order valence-corrected chi connectivity index (χ3v) is 8.13. The molecule has 0 radical (unpaired) electrons. The lowest BCUT2D eigenvalue weighted by molar-refractivity contribution is -0.195. The van der Waals surface area contributed by atoms with E-state index in [9.17, 15) is 14.4 Å². The Labute approximate surface area is 180 Å². The Morgan fingerprint density at radius 1 is 1.03 bits per heavy atom. The molecule has 7 rings (SSSR count). The number of benzene rings is 1. The summed E-state index contributed by atoms with van der Waals surface area (Å²) in [5.74, 6) is -0.419. The third kappa shape index (κ3) is 2.40. The minimum atomic E-state index is -0.460.